The molecule has 7 aromatic carbocycles. The van der Waals surface area contributed by atoms with Gasteiger partial charge in [0.05, 0.1) is 5.69 Å². The lowest BCUT2D eigenvalue weighted by Crippen LogP contribution is -2.00. The quantitative estimate of drug-likeness (QED) is 0.159. The first-order valence-electron chi connectivity index (χ1n) is 18.0. The predicted molar refractivity (Wildman–Crippen MR) is 221 cm³/mol. The van der Waals surface area contributed by atoms with E-state index >= 15 is 0 Å². The molecular formula is C50H34N4. The van der Waals surface area contributed by atoms with Crippen molar-refractivity contribution in [3.05, 3.63) is 206 Å². The highest BCUT2D eigenvalue weighted by Gasteiger charge is 2.15. The van der Waals surface area contributed by atoms with E-state index in [-0.39, 0.29) is 0 Å². The molecule has 0 aliphatic carbocycles. The molecule has 0 aliphatic rings. The average molecular weight is 691 g/mol. The van der Waals surface area contributed by atoms with Crippen molar-refractivity contribution in [2.45, 2.75) is 0 Å². The fourth-order valence-electron chi connectivity index (χ4n) is 6.75. The number of nitrogens with zero attached hydrogens (tertiary/aromatic N) is 4. The molecule has 0 unspecified atom stereocenters. The molecule has 0 aliphatic heterocycles. The van der Waals surface area contributed by atoms with Crippen LogP contribution < -0.4 is 0 Å². The summed E-state index contributed by atoms with van der Waals surface area (Å²) in [5.41, 5.74) is 13.7. The van der Waals surface area contributed by atoms with Crippen LogP contribution in [0.3, 0.4) is 0 Å². The van der Waals surface area contributed by atoms with Crippen molar-refractivity contribution in [1.29, 1.82) is 0 Å². The van der Waals surface area contributed by atoms with Gasteiger partial charge in [0.25, 0.3) is 0 Å². The summed E-state index contributed by atoms with van der Waals surface area (Å²) in [6, 6.07) is 69.0. The molecule has 0 N–H and O–H groups in total. The van der Waals surface area contributed by atoms with Crippen LogP contribution in [0.4, 0.5) is 0 Å². The number of pyridine rings is 1. The molecule has 2 heterocycles. The molecule has 0 radical (unpaired) electrons. The van der Waals surface area contributed by atoms with Crippen molar-refractivity contribution < 1.29 is 0 Å². The molecule has 9 rings (SSSR count). The zero-order chi connectivity index (χ0) is 36.1. The van der Waals surface area contributed by atoms with Crippen molar-refractivity contribution in [2.24, 2.45) is 0 Å². The van der Waals surface area contributed by atoms with Gasteiger partial charge in [0, 0.05) is 39.6 Å². The minimum Gasteiger partial charge on any atom is -0.255 e. The molecule has 0 spiro atoms. The lowest BCUT2D eigenvalue weighted by atomic mass is 9.95. The van der Waals surface area contributed by atoms with E-state index in [2.05, 4.69) is 176 Å². The predicted octanol–water partition coefficient (Wildman–Crippen LogP) is 12.6. The normalized spacial score (nSPS) is 11.0. The number of benzene rings is 7. The molecule has 0 saturated carbocycles. The van der Waals surface area contributed by atoms with Gasteiger partial charge in [-0.3, -0.25) is 4.98 Å². The minimum atomic E-state index is 0.614. The molecular weight excluding hydrogens is 657 g/mol. The number of rotatable bonds is 8. The SMILES string of the molecule is c1ccc(-c2ccc(-c3nc(-c4ccc(-c5ccccc5)cc4)nc(-c4ccc(-c5cnc(-c6ccccc6)c(-c6ccccc6)c5)cc4)n3)cc2)cc1. The summed E-state index contributed by atoms with van der Waals surface area (Å²) in [6.07, 6.45) is 1.96. The van der Waals surface area contributed by atoms with E-state index < -0.39 is 0 Å². The van der Waals surface area contributed by atoms with Crippen LogP contribution in [0.1, 0.15) is 0 Å². The lowest BCUT2D eigenvalue weighted by Gasteiger charge is -2.13. The van der Waals surface area contributed by atoms with Gasteiger partial charge in [-0.05, 0) is 39.4 Å². The zero-order valence-electron chi connectivity index (χ0n) is 29.4. The lowest BCUT2D eigenvalue weighted by molar-refractivity contribution is 1.07. The third-order valence-corrected chi connectivity index (χ3v) is 9.63. The van der Waals surface area contributed by atoms with E-state index in [0.717, 1.165) is 61.3 Å². The van der Waals surface area contributed by atoms with Crippen LogP contribution in [0.5, 0.6) is 0 Å². The molecule has 0 atom stereocenters. The van der Waals surface area contributed by atoms with Gasteiger partial charge in [0.15, 0.2) is 17.5 Å². The summed E-state index contributed by atoms with van der Waals surface area (Å²) in [6.45, 7) is 0. The van der Waals surface area contributed by atoms with Gasteiger partial charge in [0.2, 0.25) is 0 Å². The Bertz CT molecular complexity index is 2540. The van der Waals surface area contributed by atoms with Crippen LogP contribution in [0, 0.1) is 0 Å². The fourth-order valence-corrected chi connectivity index (χ4v) is 6.75. The Morgan fingerprint density at radius 3 is 0.926 bits per heavy atom. The smallest absolute Gasteiger partial charge is 0.164 e. The summed E-state index contributed by atoms with van der Waals surface area (Å²) in [5.74, 6) is 1.86. The third kappa shape index (κ3) is 6.84. The van der Waals surface area contributed by atoms with Gasteiger partial charge >= 0.3 is 0 Å². The Morgan fingerprint density at radius 2 is 0.537 bits per heavy atom. The van der Waals surface area contributed by atoms with Crippen molar-refractivity contribution in [3.8, 4) is 89.9 Å². The van der Waals surface area contributed by atoms with Gasteiger partial charge < -0.3 is 0 Å². The molecule has 9 aromatic rings. The fraction of sp³-hybridized carbons (Fsp3) is 0. The molecule has 0 saturated heterocycles. The van der Waals surface area contributed by atoms with Gasteiger partial charge in [0.1, 0.15) is 0 Å². The second-order valence-corrected chi connectivity index (χ2v) is 13.1. The molecule has 0 amide bonds. The first-order valence-corrected chi connectivity index (χ1v) is 18.0. The second-order valence-electron chi connectivity index (χ2n) is 13.1. The molecule has 4 heteroatoms. The Morgan fingerprint density at radius 1 is 0.241 bits per heavy atom. The molecule has 0 bridgehead atoms. The highest BCUT2D eigenvalue weighted by Crippen LogP contribution is 2.35. The third-order valence-electron chi connectivity index (χ3n) is 9.63. The molecule has 54 heavy (non-hydrogen) atoms. The van der Waals surface area contributed by atoms with E-state index in [9.17, 15) is 0 Å². The molecule has 4 nitrogen and oxygen atoms in total. The van der Waals surface area contributed by atoms with Crippen LogP contribution in [0.25, 0.3) is 89.9 Å². The maximum atomic E-state index is 5.03. The highest BCUT2D eigenvalue weighted by molar-refractivity contribution is 5.84. The summed E-state index contributed by atoms with van der Waals surface area (Å²) in [4.78, 5) is 20.1. The first kappa shape index (κ1) is 32.6. The maximum absolute atomic E-state index is 5.03. The first-order chi connectivity index (χ1) is 26.7. The van der Waals surface area contributed by atoms with Gasteiger partial charge in [-0.1, -0.05) is 194 Å². The van der Waals surface area contributed by atoms with E-state index in [1.165, 1.54) is 11.1 Å². The van der Waals surface area contributed by atoms with Crippen LogP contribution in [-0.2, 0) is 0 Å². The molecule has 254 valence electrons. The Labute approximate surface area is 315 Å². The van der Waals surface area contributed by atoms with Gasteiger partial charge in [-0.2, -0.15) is 0 Å². The van der Waals surface area contributed by atoms with Gasteiger partial charge in [-0.25, -0.2) is 15.0 Å². The topological polar surface area (TPSA) is 51.6 Å². The summed E-state index contributed by atoms with van der Waals surface area (Å²) in [7, 11) is 0. The van der Waals surface area contributed by atoms with Crippen molar-refractivity contribution >= 4 is 0 Å². The second kappa shape index (κ2) is 14.7. The number of hydrogen-bond donors (Lipinski definition) is 0. The van der Waals surface area contributed by atoms with E-state index in [4.69, 9.17) is 19.9 Å². The summed E-state index contributed by atoms with van der Waals surface area (Å²) >= 11 is 0. The van der Waals surface area contributed by atoms with Crippen molar-refractivity contribution in [1.82, 2.24) is 19.9 Å². The van der Waals surface area contributed by atoms with Crippen LogP contribution in [0.2, 0.25) is 0 Å². The molecule has 2 aromatic heterocycles. The standard InChI is InChI=1S/C50H34N4/c1-5-13-35(14-6-1)37-21-27-42(28-22-37)48-52-49(43-29-23-38(24-30-43)36-15-7-2-8-16-36)54-50(53-48)44-31-25-39(26-32-44)45-33-46(40-17-9-3-10-18-40)47(51-34-45)41-19-11-4-12-20-41/h1-34H. The largest absolute Gasteiger partial charge is 0.255 e. The van der Waals surface area contributed by atoms with E-state index in [1.54, 1.807) is 0 Å². The Hall–Kier alpha value is -7.30. The van der Waals surface area contributed by atoms with Crippen molar-refractivity contribution in [3.63, 3.8) is 0 Å². The Balaban J connectivity index is 1.09. The minimum absolute atomic E-state index is 0.614. The van der Waals surface area contributed by atoms with E-state index in [0.29, 0.717) is 17.5 Å². The number of hydrogen-bond acceptors (Lipinski definition) is 4. The number of aromatic nitrogens is 4. The highest BCUT2D eigenvalue weighted by atomic mass is 15.0. The zero-order valence-corrected chi connectivity index (χ0v) is 29.4. The maximum Gasteiger partial charge on any atom is 0.164 e. The summed E-state index contributed by atoms with van der Waals surface area (Å²) < 4.78 is 0. The monoisotopic (exact) mass is 690 g/mol. The average Bonchev–Trinajstić information content (AvgIpc) is 3.27. The van der Waals surface area contributed by atoms with Crippen LogP contribution in [-0.4, -0.2) is 19.9 Å². The van der Waals surface area contributed by atoms with Crippen LogP contribution in [0.15, 0.2) is 206 Å². The summed E-state index contributed by atoms with van der Waals surface area (Å²) in [5, 5.41) is 0. The molecule has 0 fully saturated rings. The van der Waals surface area contributed by atoms with Gasteiger partial charge in [-0.15, -0.1) is 0 Å². The van der Waals surface area contributed by atoms with E-state index in [1.807, 2.05) is 30.5 Å². The van der Waals surface area contributed by atoms with Crippen LogP contribution >= 0.6 is 0 Å². The Kier molecular flexibility index (Phi) is 8.90. The van der Waals surface area contributed by atoms with Crippen molar-refractivity contribution in [2.75, 3.05) is 0 Å².